The molecule has 0 N–H and O–H groups in total. The van der Waals surface area contributed by atoms with Gasteiger partial charge in [-0.2, -0.15) is 0 Å². The van der Waals surface area contributed by atoms with E-state index >= 15 is 0 Å². The van der Waals surface area contributed by atoms with Crippen LogP contribution >= 0.6 is 0 Å². The highest BCUT2D eigenvalue weighted by Gasteiger charge is 2.31. The van der Waals surface area contributed by atoms with E-state index in [1.165, 1.54) is 0 Å². The number of hydrogen-bond acceptors (Lipinski definition) is 2. The van der Waals surface area contributed by atoms with Gasteiger partial charge in [0.2, 0.25) is 0 Å². The van der Waals surface area contributed by atoms with E-state index in [-0.39, 0.29) is 22.4 Å². The fourth-order valence-electron chi connectivity index (χ4n) is 5.28. The molecular weight excluding hydrogens is 512 g/mol. The average Bonchev–Trinajstić information content (AvgIpc) is 2.91. The Bertz CT molecular complexity index is 1270. The monoisotopic (exact) mass is 564 g/mol. The quantitative estimate of drug-likeness (QED) is 0.247. The van der Waals surface area contributed by atoms with E-state index in [2.05, 4.69) is 140 Å². The number of hydrogen-bond donors (Lipinski definition) is 0. The van der Waals surface area contributed by atoms with Crippen molar-refractivity contribution >= 4 is 11.6 Å². The third kappa shape index (κ3) is 10.7. The smallest absolute Gasteiger partial charge is 0.158 e. The van der Waals surface area contributed by atoms with Gasteiger partial charge in [-0.15, -0.1) is 0 Å². The molecular formula is C40H52O2. The molecule has 0 aliphatic heterocycles. The maximum atomic E-state index is 12.2. The number of carbonyl (C=O) groups excluding carboxylic acids is 2. The Labute approximate surface area is 256 Å². The summed E-state index contributed by atoms with van der Waals surface area (Å²) >= 11 is 0. The first kappa shape index (κ1) is 34.7. The second-order valence-electron chi connectivity index (χ2n) is 13.1. The van der Waals surface area contributed by atoms with Crippen molar-refractivity contribution in [3.05, 3.63) is 130 Å². The molecule has 2 nitrogen and oxygen atoms in total. The Balaban J connectivity index is 1.93. The second kappa shape index (κ2) is 15.6. The molecule has 0 unspecified atom stereocenters. The minimum Gasteiger partial charge on any atom is -0.295 e. The molecule has 0 heterocycles. The van der Waals surface area contributed by atoms with Gasteiger partial charge in [-0.3, -0.25) is 9.59 Å². The van der Waals surface area contributed by atoms with Crippen LogP contribution in [0, 0.1) is 10.8 Å². The summed E-state index contributed by atoms with van der Waals surface area (Å²) in [6.07, 6.45) is 32.4. The molecule has 0 aromatic rings. The van der Waals surface area contributed by atoms with E-state index in [9.17, 15) is 9.59 Å². The standard InChI is InChI=1S/C40H52O2/c1-29(17-13-19-31(3)21-23-35-33(5)37(41)25-27-39(35,7)8)15-11-12-16-30(2)18-14-20-32(4)22-24-36-34(6)38(42)26-28-40(36,9)10/h11-24H,25-28H2,1-10H3/b12-11+,17-13+,18-14+,23-21+,24-22+,29-15-,30-16-,31-19-,32-20-. The normalized spacial score (nSPS) is 21.6. The van der Waals surface area contributed by atoms with Crippen molar-refractivity contribution in [2.75, 3.05) is 0 Å². The van der Waals surface area contributed by atoms with Crippen LogP contribution in [0.15, 0.2) is 130 Å². The van der Waals surface area contributed by atoms with Crippen molar-refractivity contribution < 1.29 is 9.59 Å². The van der Waals surface area contributed by atoms with E-state index in [0.717, 1.165) is 57.4 Å². The largest absolute Gasteiger partial charge is 0.295 e. The van der Waals surface area contributed by atoms with Gasteiger partial charge in [0.25, 0.3) is 0 Å². The van der Waals surface area contributed by atoms with Crippen molar-refractivity contribution in [1.82, 2.24) is 0 Å². The van der Waals surface area contributed by atoms with Gasteiger partial charge in [-0.1, -0.05) is 135 Å². The van der Waals surface area contributed by atoms with Crippen molar-refractivity contribution in [3.8, 4) is 0 Å². The van der Waals surface area contributed by atoms with Gasteiger partial charge >= 0.3 is 0 Å². The van der Waals surface area contributed by atoms with Crippen molar-refractivity contribution in [2.45, 2.75) is 94.9 Å². The molecule has 42 heavy (non-hydrogen) atoms. The van der Waals surface area contributed by atoms with Gasteiger partial charge < -0.3 is 0 Å². The molecule has 2 heteroatoms. The molecule has 0 aromatic carbocycles. The average molecular weight is 565 g/mol. The topological polar surface area (TPSA) is 34.1 Å². The number of carbonyl (C=O) groups is 2. The minimum absolute atomic E-state index is 0.0404. The highest BCUT2D eigenvalue weighted by Crippen LogP contribution is 2.40. The van der Waals surface area contributed by atoms with E-state index in [1.54, 1.807) is 0 Å². The first-order valence-electron chi connectivity index (χ1n) is 15.2. The van der Waals surface area contributed by atoms with Crippen LogP contribution in [0.1, 0.15) is 94.9 Å². The zero-order valence-electron chi connectivity index (χ0n) is 27.7. The second-order valence-corrected chi connectivity index (χ2v) is 13.1. The predicted molar refractivity (Wildman–Crippen MR) is 182 cm³/mol. The molecule has 224 valence electrons. The molecule has 2 rings (SSSR count). The molecule has 0 aromatic heterocycles. The van der Waals surface area contributed by atoms with Gasteiger partial charge in [0, 0.05) is 12.8 Å². The van der Waals surface area contributed by atoms with Gasteiger partial charge in [0.05, 0.1) is 0 Å². The zero-order chi connectivity index (χ0) is 31.5. The third-order valence-corrected chi connectivity index (χ3v) is 8.35. The first-order chi connectivity index (χ1) is 19.6. The van der Waals surface area contributed by atoms with Crippen LogP contribution in [0.25, 0.3) is 0 Å². The first-order valence-corrected chi connectivity index (χ1v) is 15.2. The lowest BCUT2D eigenvalue weighted by Gasteiger charge is -2.32. The predicted octanol–water partition coefficient (Wildman–Crippen LogP) is 11.0. The summed E-state index contributed by atoms with van der Waals surface area (Å²) in [4.78, 5) is 24.3. The third-order valence-electron chi connectivity index (χ3n) is 8.35. The summed E-state index contributed by atoms with van der Waals surface area (Å²) in [5.41, 5.74) is 8.82. The lowest BCUT2D eigenvalue weighted by molar-refractivity contribution is -0.117. The van der Waals surface area contributed by atoms with E-state index in [0.29, 0.717) is 12.8 Å². The maximum Gasteiger partial charge on any atom is 0.158 e. The Morgan fingerprint density at radius 2 is 0.833 bits per heavy atom. The SMILES string of the molecule is CC1=C(/C=C/C(C)=C\C=C\C(C)=C/C=C/C=C(C)\C=C\C=C(C)/C=C/C2=C(C)C(=O)CCC2(C)C)C(C)(C)CCC1=O. The molecule has 0 atom stereocenters. The summed E-state index contributed by atoms with van der Waals surface area (Å²) in [5.74, 6) is 0.542. The Morgan fingerprint density at radius 1 is 0.524 bits per heavy atom. The van der Waals surface area contributed by atoms with Crippen LogP contribution in [0.3, 0.4) is 0 Å². The summed E-state index contributed by atoms with van der Waals surface area (Å²) in [7, 11) is 0. The van der Waals surface area contributed by atoms with Crippen molar-refractivity contribution in [3.63, 3.8) is 0 Å². The maximum absolute atomic E-state index is 12.2. The molecule has 2 aliphatic rings. The van der Waals surface area contributed by atoms with E-state index in [1.807, 2.05) is 13.8 Å². The summed E-state index contributed by atoms with van der Waals surface area (Å²) in [5, 5.41) is 0. The Kier molecular flexibility index (Phi) is 12.9. The van der Waals surface area contributed by atoms with Gasteiger partial charge in [-0.25, -0.2) is 0 Å². The van der Waals surface area contributed by atoms with Gasteiger partial charge in [-0.05, 0) is 87.5 Å². The molecule has 0 spiro atoms. The molecule has 0 fully saturated rings. The van der Waals surface area contributed by atoms with Crippen LogP contribution in [-0.2, 0) is 9.59 Å². The van der Waals surface area contributed by atoms with Crippen molar-refractivity contribution in [1.29, 1.82) is 0 Å². The van der Waals surface area contributed by atoms with Gasteiger partial charge in [0.1, 0.15) is 0 Å². The van der Waals surface area contributed by atoms with Crippen molar-refractivity contribution in [2.24, 2.45) is 10.8 Å². The molecule has 0 saturated carbocycles. The number of ketones is 2. The lowest BCUT2D eigenvalue weighted by Crippen LogP contribution is -2.24. The Morgan fingerprint density at radius 3 is 1.19 bits per heavy atom. The molecule has 0 bridgehead atoms. The number of Topliss-reactive ketones (excluding diaryl/α,β-unsaturated/α-hetero) is 2. The number of allylic oxidation sites excluding steroid dienone is 22. The zero-order valence-corrected chi connectivity index (χ0v) is 27.7. The fraction of sp³-hybridized carbons (Fsp3) is 0.400. The summed E-state index contributed by atoms with van der Waals surface area (Å²) in [6, 6.07) is 0. The van der Waals surface area contributed by atoms with Crippen LogP contribution in [0.5, 0.6) is 0 Å². The highest BCUT2D eigenvalue weighted by atomic mass is 16.1. The number of rotatable bonds is 10. The molecule has 0 amide bonds. The highest BCUT2D eigenvalue weighted by molar-refractivity contribution is 5.97. The molecule has 0 radical (unpaired) electrons. The van der Waals surface area contributed by atoms with E-state index in [4.69, 9.17) is 0 Å². The van der Waals surface area contributed by atoms with Crippen LogP contribution in [-0.4, -0.2) is 11.6 Å². The van der Waals surface area contributed by atoms with E-state index < -0.39 is 0 Å². The molecule has 0 saturated heterocycles. The minimum atomic E-state index is 0.0404. The van der Waals surface area contributed by atoms with Crippen LogP contribution in [0.4, 0.5) is 0 Å². The lowest BCUT2D eigenvalue weighted by atomic mass is 9.72. The van der Waals surface area contributed by atoms with Crippen LogP contribution in [0.2, 0.25) is 0 Å². The fourth-order valence-corrected chi connectivity index (χ4v) is 5.28. The summed E-state index contributed by atoms with van der Waals surface area (Å²) < 4.78 is 0. The van der Waals surface area contributed by atoms with Crippen LogP contribution < -0.4 is 0 Å². The van der Waals surface area contributed by atoms with Gasteiger partial charge in [0.15, 0.2) is 11.6 Å². The Hall–Kier alpha value is -3.52. The summed E-state index contributed by atoms with van der Waals surface area (Å²) in [6.45, 7) is 21.1. The molecule has 2 aliphatic carbocycles.